The van der Waals surface area contributed by atoms with Gasteiger partial charge in [-0.25, -0.2) is 0 Å². The molecule has 1 aromatic carbocycles. The molecular formula is C21H22N2O2S. The van der Waals surface area contributed by atoms with Crippen LogP contribution in [0, 0.1) is 6.92 Å². The van der Waals surface area contributed by atoms with E-state index in [0.717, 1.165) is 47.8 Å². The molecule has 3 aromatic rings. The predicted molar refractivity (Wildman–Crippen MR) is 105 cm³/mol. The van der Waals surface area contributed by atoms with E-state index in [1.165, 1.54) is 9.75 Å². The number of hydrogen-bond acceptors (Lipinski definition) is 5. The molecule has 5 heteroatoms. The number of aromatic nitrogens is 1. The number of aryl methyl sites for hydroxylation is 1. The highest BCUT2D eigenvalue weighted by molar-refractivity contribution is 7.11. The average molecular weight is 366 g/mol. The lowest BCUT2D eigenvalue weighted by Crippen LogP contribution is -2.24. The minimum Gasteiger partial charge on any atom is -0.493 e. The van der Waals surface area contributed by atoms with Crippen molar-refractivity contribution in [2.24, 2.45) is 0 Å². The maximum Gasteiger partial charge on any atom is 0.165 e. The van der Waals surface area contributed by atoms with Crippen LogP contribution < -0.4 is 9.47 Å². The Morgan fingerprint density at radius 3 is 2.88 bits per heavy atom. The van der Waals surface area contributed by atoms with Crippen LogP contribution in [0.5, 0.6) is 11.5 Å². The van der Waals surface area contributed by atoms with Gasteiger partial charge in [0.15, 0.2) is 11.5 Å². The minimum absolute atomic E-state index is 0.667. The van der Waals surface area contributed by atoms with E-state index < -0.39 is 0 Å². The Kier molecular flexibility index (Phi) is 4.91. The molecule has 0 saturated carbocycles. The number of methoxy groups -OCH3 is 1. The lowest BCUT2D eigenvalue weighted by atomic mass is 10.0. The Balaban J connectivity index is 1.66. The molecule has 134 valence electrons. The molecule has 0 amide bonds. The Bertz CT molecular complexity index is 892. The van der Waals surface area contributed by atoms with E-state index in [1.807, 2.05) is 29.7 Å². The topological polar surface area (TPSA) is 34.6 Å². The lowest BCUT2D eigenvalue weighted by Gasteiger charge is -2.19. The number of rotatable bonds is 4. The van der Waals surface area contributed by atoms with Crippen LogP contribution in [0.1, 0.15) is 15.3 Å². The number of benzene rings is 1. The van der Waals surface area contributed by atoms with Crippen LogP contribution >= 0.6 is 11.3 Å². The van der Waals surface area contributed by atoms with Crippen molar-refractivity contribution in [3.63, 3.8) is 0 Å². The molecule has 2 aromatic heterocycles. The molecular weight excluding hydrogens is 344 g/mol. The molecule has 26 heavy (non-hydrogen) atoms. The third-order valence-electron chi connectivity index (χ3n) is 4.57. The van der Waals surface area contributed by atoms with Gasteiger partial charge in [-0.1, -0.05) is 6.07 Å². The van der Waals surface area contributed by atoms with Crippen LogP contribution in [0.3, 0.4) is 0 Å². The SMILES string of the molecule is COc1cc(-c2cccnc2)cc2c1OCCN(Cc1ccc(C)s1)C2. The van der Waals surface area contributed by atoms with Gasteiger partial charge >= 0.3 is 0 Å². The molecule has 0 unspecified atom stereocenters. The van der Waals surface area contributed by atoms with Crippen molar-refractivity contribution in [2.45, 2.75) is 20.0 Å². The van der Waals surface area contributed by atoms with E-state index >= 15 is 0 Å². The molecule has 4 nitrogen and oxygen atoms in total. The monoisotopic (exact) mass is 366 g/mol. The minimum atomic E-state index is 0.667. The summed E-state index contributed by atoms with van der Waals surface area (Å²) in [6.07, 6.45) is 3.67. The molecule has 0 radical (unpaired) electrons. The van der Waals surface area contributed by atoms with Crippen molar-refractivity contribution in [2.75, 3.05) is 20.3 Å². The van der Waals surface area contributed by atoms with Gasteiger partial charge in [0.25, 0.3) is 0 Å². The zero-order chi connectivity index (χ0) is 17.9. The molecule has 0 N–H and O–H groups in total. The summed E-state index contributed by atoms with van der Waals surface area (Å²) >= 11 is 1.86. The fourth-order valence-corrected chi connectivity index (χ4v) is 4.25. The number of fused-ring (bicyclic) bond motifs is 1. The number of pyridine rings is 1. The summed E-state index contributed by atoms with van der Waals surface area (Å²) in [5.41, 5.74) is 3.35. The van der Waals surface area contributed by atoms with Gasteiger partial charge in [-0.15, -0.1) is 11.3 Å². The van der Waals surface area contributed by atoms with Crippen LogP contribution in [0.2, 0.25) is 0 Å². The zero-order valence-electron chi connectivity index (χ0n) is 15.1. The summed E-state index contributed by atoms with van der Waals surface area (Å²) in [6, 6.07) is 12.7. The van der Waals surface area contributed by atoms with Crippen molar-refractivity contribution in [3.05, 3.63) is 64.1 Å². The molecule has 0 fully saturated rings. The fourth-order valence-electron chi connectivity index (χ4n) is 3.32. The summed E-state index contributed by atoms with van der Waals surface area (Å²) in [4.78, 5) is 9.42. The number of thiophene rings is 1. The highest BCUT2D eigenvalue weighted by Gasteiger charge is 2.21. The van der Waals surface area contributed by atoms with Crippen molar-refractivity contribution in [1.82, 2.24) is 9.88 Å². The van der Waals surface area contributed by atoms with Gasteiger partial charge in [-0.05, 0) is 42.8 Å². The standard InChI is InChI=1S/C21H22N2O2S/c1-15-5-6-19(26-15)14-23-8-9-25-21-18(13-23)10-17(11-20(21)24-2)16-4-3-7-22-12-16/h3-7,10-12H,8-9,13-14H2,1-2H3. The molecule has 0 bridgehead atoms. The molecule has 0 spiro atoms. The fraction of sp³-hybridized carbons (Fsp3) is 0.286. The van der Waals surface area contributed by atoms with E-state index in [0.29, 0.717) is 6.61 Å². The van der Waals surface area contributed by atoms with Gasteiger partial charge < -0.3 is 9.47 Å². The first-order valence-corrected chi connectivity index (χ1v) is 9.56. The smallest absolute Gasteiger partial charge is 0.165 e. The van der Waals surface area contributed by atoms with E-state index in [4.69, 9.17) is 9.47 Å². The summed E-state index contributed by atoms with van der Waals surface area (Å²) in [7, 11) is 1.70. The van der Waals surface area contributed by atoms with Crippen LogP contribution in [-0.4, -0.2) is 30.1 Å². The summed E-state index contributed by atoms with van der Waals surface area (Å²) < 4.78 is 11.7. The second-order valence-corrected chi connectivity index (χ2v) is 7.85. The van der Waals surface area contributed by atoms with Crippen molar-refractivity contribution in [1.29, 1.82) is 0 Å². The van der Waals surface area contributed by atoms with Crippen LogP contribution in [-0.2, 0) is 13.1 Å². The van der Waals surface area contributed by atoms with E-state index in [2.05, 4.69) is 41.1 Å². The maximum absolute atomic E-state index is 6.06. The van der Waals surface area contributed by atoms with E-state index in [1.54, 1.807) is 13.3 Å². The van der Waals surface area contributed by atoms with Gasteiger partial charge in [0, 0.05) is 52.9 Å². The second kappa shape index (κ2) is 7.48. The van der Waals surface area contributed by atoms with Gasteiger partial charge in [0.2, 0.25) is 0 Å². The highest BCUT2D eigenvalue weighted by Crippen LogP contribution is 2.38. The third kappa shape index (κ3) is 3.59. The van der Waals surface area contributed by atoms with Crippen LogP contribution in [0.25, 0.3) is 11.1 Å². The van der Waals surface area contributed by atoms with Crippen molar-refractivity contribution >= 4 is 11.3 Å². The molecule has 4 rings (SSSR count). The molecule has 0 saturated heterocycles. The Morgan fingerprint density at radius 1 is 1.23 bits per heavy atom. The first-order chi connectivity index (χ1) is 12.7. The quantitative estimate of drug-likeness (QED) is 0.680. The predicted octanol–water partition coefficient (Wildman–Crippen LogP) is 4.52. The number of ether oxygens (including phenoxy) is 2. The number of hydrogen-bond donors (Lipinski definition) is 0. The lowest BCUT2D eigenvalue weighted by molar-refractivity contribution is 0.218. The van der Waals surface area contributed by atoms with E-state index in [9.17, 15) is 0 Å². The normalized spacial score (nSPS) is 14.4. The molecule has 1 aliphatic rings. The van der Waals surface area contributed by atoms with E-state index in [-0.39, 0.29) is 0 Å². The van der Waals surface area contributed by atoms with Crippen LogP contribution in [0.15, 0.2) is 48.8 Å². The molecule has 0 aliphatic carbocycles. The highest BCUT2D eigenvalue weighted by atomic mass is 32.1. The Morgan fingerprint density at radius 2 is 2.15 bits per heavy atom. The number of nitrogens with zero attached hydrogens (tertiary/aromatic N) is 2. The van der Waals surface area contributed by atoms with Gasteiger partial charge in [-0.3, -0.25) is 9.88 Å². The largest absolute Gasteiger partial charge is 0.493 e. The Hall–Kier alpha value is -2.37. The zero-order valence-corrected chi connectivity index (χ0v) is 15.9. The molecule has 3 heterocycles. The summed E-state index contributed by atoms with van der Waals surface area (Å²) in [5, 5.41) is 0. The maximum atomic E-state index is 6.06. The second-order valence-electron chi connectivity index (χ2n) is 6.48. The van der Waals surface area contributed by atoms with Crippen molar-refractivity contribution < 1.29 is 9.47 Å². The van der Waals surface area contributed by atoms with Crippen LogP contribution in [0.4, 0.5) is 0 Å². The Labute approximate surface area is 158 Å². The van der Waals surface area contributed by atoms with Crippen molar-refractivity contribution in [3.8, 4) is 22.6 Å². The first kappa shape index (κ1) is 17.1. The molecule has 0 atom stereocenters. The molecule has 1 aliphatic heterocycles. The summed E-state index contributed by atoms with van der Waals surface area (Å²) in [5.74, 6) is 1.65. The van der Waals surface area contributed by atoms with Gasteiger partial charge in [0.05, 0.1) is 7.11 Å². The third-order valence-corrected chi connectivity index (χ3v) is 5.56. The van der Waals surface area contributed by atoms with Gasteiger partial charge in [-0.2, -0.15) is 0 Å². The summed E-state index contributed by atoms with van der Waals surface area (Å²) in [6.45, 7) is 5.51. The van der Waals surface area contributed by atoms with Gasteiger partial charge in [0.1, 0.15) is 6.61 Å². The average Bonchev–Trinajstić information content (AvgIpc) is 2.96. The first-order valence-electron chi connectivity index (χ1n) is 8.75.